The summed E-state index contributed by atoms with van der Waals surface area (Å²) in [5, 5.41) is 0. The minimum absolute atomic E-state index is 0.612. The second kappa shape index (κ2) is 4.23. The predicted molar refractivity (Wildman–Crippen MR) is 37.8 cm³/mol. The maximum absolute atomic E-state index is 9.83. The summed E-state index contributed by atoms with van der Waals surface area (Å²) in [4.78, 5) is 9.83. The zero-order valence-corrected chi connectivity index (χ0v) is 6.18. The molecule has 0 heterocycles. The van der Waals surface area contributed by atoms with Crippen LogP contribution in [-0.2, 0) is 4.79 Å². The first-order chi connectivity index (χ1) is 3.35. The van der Waals surface area contributed by atoms with E-state index in [4.69, 9.17) is 0 Å². The molecule has 7 heavy (non-hydrogen) atoms. The topological polar surface area (TPSA) is 29.4 Å². The summed E-state index contributed by atoms with van der Waals surface area (Å²) in [5.74, 6) is 0. The average molecular weight is 211 g/mol. The Morgan fingerprint density at radius 3 is 2.57 bits per heavy atom. The number of carbonyl (C=O) groups excluding carboxylic acids is 1. The highest BCUT2D eigenvalue weighted by Gasteiger charge is 1.86. The first-order valence-corrected chi connectivity index (χ1v) is 2.94. The zero-order chi connectivity index (χ0) is 5.70. The van der Waals surface area contributed by atoms with E-state index in [0.717, 1.165) is 12.7 Å². The van der Waals surface area contributed by atoms with Crippen LogP contribution in [0.3, 0.4) is 0 Å². The number of carbonyl (C=O) groups is 1. The second-order valence-corrected chi connectivity index (χ2v) is 1.53. The monoisotopic (exact) mass is 211 g/mol. The summed E-state index contributed by atoms with van der Waals surface area (Å²) < 4.78 is 3.64. The smallest absolute Gasteiger partial charge is 0.164 e. The van der Waals surface area contributed by atoms with Crippen LogP contribution in [0.5, 0.6) is 0 Å². The third-order valence-electron chi connectivity index (χ3n) is 0.607. The van der Waals surface area contributed by atoms with Crippen LogP contribution in [0.1, 0.15) is 13.3 Å². The SMILES string of the molecule is CCC(C=O)=NI. The molecule has 0 aromatic heterocycles. The molecule has 0 amide bonds. The minimum atomic E-state index is 0.612. The van der Waals surface area contributed by atoms with E-state index in [1.54, 1.807) is 22.9 Å². The van der Waals surface area contributed by atoms with Gasteiger partial charge in [0.15, 0.2) is 6.29 Å². The summed E-state index contributed by atoms with van der Waals surface area (Å²) in [7, 11) is 0. The van der Waals surface area contributed by atoms with E-state index in [9.17, 15) is 4.79 Å². The van der Waals surface area contributed by atoms with Crippen LogP contribution in [0.15, 0.2) is 3.21 Å². The molecule has 0 spiro atoms. The predicted octanol–water partition coefficient (Wildman–Crippen LogP) is 1.39. The molecular weight excluding hydrogens is 205 g/mol. The molecule has 0 atom stereocenters. The van der Waals surface area contributed by atoms with Gasteiger partial charge >= 0.3 is 0 Å². The van der Waals surface area contributed by atoms with Gasteiger partial charge in [-0.2, -0.15) is 0 Å². The summed E-state index contributed by atoms with van der Waals surface area (Å²) in [5.41, 5.74) is 0.612. The Morgan fingerprint density at radius 2 is 2.57 bits per heavy atom. The van der Waals surface area contributed by atoms with E-state index in [1.807, 2.05) is 6.92 Å². The fraction of sp³-hybridized carbons (Fsp3) is 0.500. The first kappa shape index (κ1) is 7.07. The van der Waals surface area contributed by atoms with Gasteiger partial charge in [0.2, 0.25) is 0 Å². The van der Waals surface area contributed by atoms with Crippen LogP contribution in [0.2, 0.25) is 0 Å². The molecule has 40 valence electrons. The summed E-state index contributed by atoms with van der Waals surface area (Å²) in [6.45, 7) is 1.89. The highest BCUT2D eigenvalue weighted by Crippen LogP contribution is 1.87. The number of aldehydes is 1. The van der Waals surface area contributed by atoms with Gasteiger partial charge in [-0.3, -0.25) is 4.79 Å². The molecule has 0 bridgehead atoms. The van der Waals surface area contributed by atoms with Crippen LogP contribution in [-0.4, -0.2) is 12.0 Å². The van der Waals surface area contributed by atoms with Gasteiger partial charge < -0.3 is 0 Å². The van der Waals surface area contributed by atoms with Crippen LogP contribution >= 0.6 is 22.9 Å². The van der Waals surface area contributed by atoms with Crippen LogP contribution in [0.4, 0.5) is 0 Å². The van der Waals surface area contributed by atoms with Gasteiger partial charge in [-0.25, -0.2) is 3.21 Å². The van der Waals surface area contributed by atoms with Gasteiger partial charge in [0, 0.05) is 0 Å². The standard InChI is InChI=1S/C4H6INO/c1-2-4(3-7)6-5/h3H,2H2,1H3. The quantitative estimate of drug-likeness (QED) is 0.385. The third-order valence-corrected chi connectivity index (χ3v) is 1.23. The number of nitrogens with zero attached hydrogens (tertiary/aromatic N) is 1. The van der Waals surface area contributed by atoms with Crippen molar-refractivity contribution in [2.75, 3.05) is 0 Å². The number of halogens is 1. The van der Waals surface area contributed by atoms with Crippen molar-refractivity contribution in [3.8, 4) is 0 Å². The molecule has 0 fully saturated rings. The van der Waals surface area contributed by atoms with Crippen molar-refractivity contribution < 1.29 is 4.79 Å². The molecule has 0 aliphatic heterocycles. The molecule has 0 unspecified atom stereocenters. The molecule has 0 radical (unpaired) electrons. The van der Waals surface area contributed by atoms with Crippen molar-refractivity contribution in [1.82, 2.24) is 0 Å². The van der Waals surface area contributed by atoms with Gasteiger partial charge in [0.1, 0.15) is 0 Å². The number of hydrogen-bond donors (Lipinski definition) is 0. The average Bonchev–Trinajstić information content (AvgIpc) is 1.72. The number of rotatable bonds is 2. The zero-order valence-electron chi connectivity index (χ0n) is 4.02. The molecule has 0 saturated carbocycles. The molecule has 0 aromatic rings. The van der Waals surface area contributed by atoms with E-state index in [2.05, 4.69) is 3.21 Å². The van der Waals surface area contributed by atoms with E-state index < -0.39 is 0 Å². The normalized spacial score (nSPS) is 11.4. The number of hydrogen-bond acceptors (Lipinski definition) is 2. The Kier molecular flexibility index (Phi) is 4.28. The lowest BCUT2D eigenvalue weighted by Crippen LogP contribution is -1.92. The van der Waals surface area contributed by atoms with E-state index in [0.29, 0.717) is 5.71 Å². The van der Waals surface area contributed by atoms with Crippen LogP contribution in [0.25, 0.3) is 0 Å². The van der Waals surface area contributed by atoms with Gasteiger partial charge in [-0.1, -0.05) is 6.92 Å². The molecule has 0 rings (SSSR count). The molecular formula is C4H6INO. The lowest BCUT2D eigenvalue weighted by Gasteiger charge is -1.81. The lowest BCUT2D eigenvalue weighted by molar-refractivity contribution is -0.102. The van der Waals surface area contributed by atoms with Gasteiger partial charge in [-0.05, 0) is 6.42 Å². The largest absolute Gasteiger partial charge is 0.297 e. The molecule has 0 aromatic carbocycles. The van der Waals surface area contributed by atoms with E-state index in [1.165, 1.54) is 0 Å². The molecule has 2 nitrogen and oxygen atoms in total. The van der Waals surface area contributed by atoms with Crippen LogP contribution in [0, 0.1) is 0 Å². The van der Waals surface area contributed by atoms with Gasteiger partial charge in [0.05, 0.1) is 28.6 Å². The molecule has 3 heteroatoms. The summed E-state index contributed by atoms with van der Waals surface area (Å²) in [6.07, 6.45) is 1.50. The highest BCUT2D eigenvalue weighted by atomic mass is 127. The maximum Gasteiger partial charge on any atom is 0.164 e. The Labute approximate surface area is 56.5 Å². The molecule has 0 aliphatic rings. The van der Waals surface area contributed by atoms with Crippen molar-refractivity contribution in [3.63, 3.8) is 0 Å². The van der Waals surface area contributed by atoms with Gasteiger partial charge in [0.25, 0.3) is 0 Å². The first-order valence-electron chi connectivity index (χ1n) is 1.98. The summed E-state index contributed by atoms with van der Waals surface area (Å²) in [6, 6.07) is 0. The summed E-state index contributed by atoms with van der Waals surface area (Å²) >= 11 is 1.81. The van der Waals surface area contributed by atoms with Crippen LogP contribution < -0.4 is 0 Å². The Hall–Kier alpha value is 0.0700. The molecule has 0 N–H and O–H groups in total. The van der Waals surface area contributed by atoms with Crippen molar-refractivity contribution in [1.29, 1.82) is 0 Å². The molecule has 0 saturated heterocycles. The second-order valence-electron chi connectivity index (χ2n) is 1.05. The van der Waals surface area contributed by atoms with E-state index >= 15 is 0 Å². The van der Waals surface area contributed by atoms with Gasteiger partial charge in [-0.15, -0.1) is 0 Å². The van der Waals surface area contributed by atoms with Crippen molar-refractivity contribution in [3.05, 3.63) is 0 Å². The van der Waals surface area contributed by atoms with E-state index in [-0.39, 0.29) is 0 Å². The lowest BCUT2D eigenvalue weighted by atomic mass is 10.3. The maximum atomic E-state index is 9.83. The highest BCUT2D eigenvalue weighted by molar-refractivity contribution is 14.1. The molecule has 0 aliphatic carbocycles. The van der Waals surface area contributed by atoms with Crippen molar-refractivity contribution >= 4 is 34.9 Å². The minimum Gasteiger partial charge on any atom is -0.297 e. The Balaban J connectivity index is 3.60. The van der Waals surface area contributed by atoms with Crippen molar-refractivity contribution in [2.24, 2.45) is 3.21 Å². The van der Waals surface area contributed by atoms with Crippen molar-refractivity contribution in [2.45, 2.75) is 13.3 Å². The Bertz CT molecular complexity index is 89.7. The fourth-order valence-electron chi connectivity index (χ4n) is 0.163. The third kappa shape index (κ3) is 2.73. The fourth-order valence-corrected chi connectivity index (χ4v) is 0.618. The Morgan fingerprint density at radius 1 is 2.00 bits per heavy atom.